The zero-order chi connectivity index (χ0) is 12.8. The summed E-state index contributed by atoms with van der Waals surface area (Å²) in [4.78, 5) is 16.2. The predicted octanol–water partition coefficient (Wildman–Crippen LogP) is 1.48. The van der Waals surface area contributed by atoms with Crippen LogP contribution >= 0.6 is 12.4 Å². The second-order valence-electron chi connectivity index (χ2n) is 5.72. The maximum atomic E-state index is 11.7. The first-order valence-corrected chi connectivity index (χ1v) is 7.50. The third-order valence-electron chi connectivity index (χ3n) is 4.32. The Balaban J connectivity index is 0.00000180. The fourth-order valence-electron chi connectivity index (χ4n) is 3.20. The van der Waals surface area contributed by atoms with E-state index in [2.05, 4.69) is 4.90 Å². The molecule has 2 fully saturated rings. The molecule has 2 N–H and O–H groups in total. The van der Waals surface area contributed by atoms with Crippen molar-refractivity contribution >= 4 is 18.3 Å². The Morgan fingerprint density at radius 2 is 1.68 bits per heavy atom. The Kier molecular flexibility index (Phi) is 7.73. The van der Waals surface area contributed by atoms with Crippen molar-refractivity contribution in [3.8, 4) is 0 Å². The average molecular weight is 290 g/mol. The monoisotopic (exact) mass is 289 g/mol. The molecule has 1 saturated heterocycles. The largest absolute Gasteiger partial charge is 0.340 e. The van der Waals surface area contributed by atoms with Crippen molar-refractivity contribution in [2.24, 2.45) is 11.7 Å². The molecular formula is C14H28ClN3O. The molecule has 0 radical (unpaired) electrons. The number of carbonyl (C=O) groups excluding carboxylic acids is 1. The van der Waals surface area contributed by atoms with Crippen LogP contribution in [0.25, 0.3) is 0 Å². The molecule has 19 heavy (non-hydrogen) atoms. The Labute approximate surface area is 123 Å². The summed E-state index contributed by atoms with van der Waals surface area (Å²) in [5, 5.41) is 0. The topological polar surface area (TPSA) is 49.6 Å². The van der Waals surface area contributed by atoms with Gasteiger partial charge in [-0.1, -0.05) is 19.3 Å². The molecular weight excluding hydrogens is 262 g/mol. The van der Waals surface area contributed by atoms with E-state index in [1.807, 2.05) is 4.90 Å². The molecule has 112 valence electrons. The number of hydrogen-bond donors (Lipinski definition) is 1. The molecule has 0 unspecified atom stereocenters. The smallest absolute Gasteiger partial charge is 0.223 e. The molecule has 0 atom stereocenters. The van der Waals surface area contributed by atoms with Crippen LogP contribution < -0.4 is 5.73 Å². The van der Waals surface area contributed by atoms with Crippen LogP contribution in [0, 0.1) is 5.92 Å². The molecule has 2 aliphatic rings. The van der Waals surface area contributed by atoms with Crippen molar-refractivity contribution in [1.82, 2.24) is 9.80 Å². The van der Waals surface area contributed by atoms with E-state index in [0.29, 0.717) is 13.0 Å². The summed E-state index contributed by atoms with van der Waals surface area (Å²) in [6, 6.07) is 0. The van der Waals surface area contributed by atoms with Gasteiger partial charge in [-0.2, -0.15) is 0 Å². The highest BCUT2D eigenvalue weighted by Gasteiger charge is 2.23. The van der Waals surface area contributed by atoms with Crippen LogP contribution in [0.1, 0.15) is 38.5 Å². The van der Waals surface area contributed by atoms with Crippen LogP contribution in [-0.4, -0.2) is 55.0 Å². The lowest BCUT2D eigenvalue weighted by Gasteiger charge is -2.37. The van der Waals surface area contributed by atoms with Crippen molar-refractivity contribution in [3.05, 3.63) is 0 Å². The predicted molar refractivity (Wildman–Crippen MR) is 80.5 cm³/mol. The van der Waals surface area contributed by atoms with Crippen LogP contribution in [0.5, 0.6) is 0 Å². The molecule has 5 heteroatoms. The van der Waals surface area contributed by atoms with Gasteiger partial charge in [-0.25, -0.2) is 0 Å². The van der Waals surface area contributed by atoms with Gasteiger partial charge in [-0.15, -0.1) is 12.4 Å². The summed E-state index contributed by atoms with van der Waals surface area (Å²) in [5.74, 6) is 1.14. The van der Waals surface area contributed by atoms with Gasteiger partial charge in [-0.3, -0.25) is 9.69 Å². The van der Waals surface area contributed by atoms with E-state index in [0.717, 1.165) is 32.1 Å². The number of halogens is 1. The third-order valence-corrected chi connectivity index (χ3v) is 4.32. The van der Waals surface area contributed by atoms with Crippen LogP contribution in [0.15, 0.2) is 0 Å². The van der Waals surface area contributed by atoms with Gasteiger partial charge in [0.2, 0.25) is 5.91 Å². The minimum atomic E-state index is 0. The van der Waals surface area contributed by atoms with Crippen molar-refractivity contribution in [1.29, 1.82) is 0 Å². The van der Waals surface area contributed by atoms with Gasteiger partial charge in [-0.05, 0) is 18.8 Å². The summed E-state index contributed by atoms with van der Waals surface area (Å²) >= 11 is 0. The summed E-state index contributed by atoms with van der Waals surface area (Å²) in [5.41, 5.74) is 5.43. The fraction of sp³-hybridized carbons (Fsp3) is 0.929. The minimum absolute atomic E-state index is 0. The Hall–Kier alpha value is -0.320. The molecule has 1 aliphatic heterocycles. The molecule has 0 aromatic heterocycles. The standard InChI is InChI=1S/C14H27N3O.ClH/c15-7-6-14(18)17-10-8-16(9-11-17)12-13-4-2-1-3-5-13;/h13H,1-12,15H2;1H. The molecule has 0 bridgehead atoms. The number of nitrogens with two attached hydrogens (primary N) is 1. The quantitative estimate of drug-likeness (QED) is 0.853. The van der Waals surface area contributed by atoms with Crippen molar-refractivity contribution in [3.63, 3.8) is 0 Å². The van der Waals surface area contributed by atoms with E-state index in [1.54, 1.807) is 0 Å². The van der Waals surface area contributed by atoms with Crippen LogP contribution in [0.4, 0.5) is 0 Å². The Morgan fingerprint density at radius 3 is 2.26 bits per heavy atom. The van der Waals surface area contributed by atoms with Gasteiger partial charge in [0.05, 0.1) is 0 Å². The van der Waals surface area contributed by atoms with Gasteiger partial charge in [0.25, 0.3) is 0 Å². The zero-order valence-corrected chi connectivity index (χ0v) is 12.7. The van der Waals surface area contributed by atoms with Gasteiger partial charge in [0.1, 0.15) is 0 Å². The SMILES string of the molecule is Cl.NCCC(=O)N1CCN(CC2CCCCC2)CC1. The lowest BCUT2D eigenvalue weighted by molar-refractivity contribution is -0.132. The van der Waals surface area contributed by atoms with E-state index in [-0.39, 0.29) is 18.3 Å². The second-order valence-corrected chi connectivity index (χ2v) is 5.72. The summed E-state index contributed by atoms with van der Waals surface area (Å²) < 4.78 is 0. The molecule has 1 heterocycles. The molecule has 4 nitrogen and oxygen atoms in total. The normalized spacial score (nSPS) is 22.1. The molecule has 1 aliphatic carbocycles. The lowest BCUT2D eigenvalue weighted by atomic mass is 9.89. The van der Waals surface area contributed by atoms with E-state index in [9.17, 15) is 4.79 Å². The number of nitrogens with zero attached hydrogens (tertiary/aromatic N) is 2. The minimum Gasteiger partial charge on any atom is -0.340 e. The first-order valence-electron chi connectivity index (χ1n) is 7.50. The second kappa shape index (κ2) is 8.77. The number of carbonyl (C=O) groups is 1. The van der Waals surface area contributed by atoms with Crippen molar-refractivity contribution in [2.45, 2.75) is 38.5 Å². The third kappa shape index (κ3) is 5.28. The number of piperazine rings is 1. The number of rotatable bonds is 4. The zero-order valence-electron chi connectivity index (χ0n) is 11.9. The van der Waals surface area contributed by atoms with Gasteiger partial charge in [0, 0.05) is 45.7 Å². The van der Waals surface area contributed by atoms with Gasteiger partial charge in [0.15, 0.2) is 0 Å². The molecule has 0 aromatic carbocycles. The van der Waals surface area contributed by atoms with Crippen LogP contribution in [0.2, 0.25) is 0 Å². The molecule has 1 amide bonds. The lowest BCUT2D eigenvalue weighted by Crippen LogP contribution is -2.50. The molecule has 0 spiro atoms. The fourth-order valence-corrected chi connectivity index (χ4v) is 3.20. The van der Waals surface area contributed by atoms with Gasteiger partial charge < -0.3 is 10.6 Å². The highest BCUT2D eigenvalue weighted by Crippen LogP contribution is 2.24. The van der Waals surface area contributed by atoms with E-state index in [4.69, 9.17) is 5.73 Å². The molecule has 1 saturated carbocycles. The number of amides is 1. The maximum Gasteiger partial charge on any atom is 0.223 e. The van der Waals surface area contributed by atoms with E-state index < -0.39 is 0 Å². The Morgan fingerprint density at radius 1 is 1.05 bits per heavy atom. The summed E-state index contributed by atoms with van der Waals surface area (Å²) in [6.07, 6.45) is 7.58. The van der Waals surface area contributed by atoms with Crippen molar-refractivity contribution in [2.75, 3.05) is 39.3 Å². The van der Waals surface area contributed by atoms with Crippen molar-refractivity contribution < 1.29 is 4.79 Å². The molecule has 2 rings (SSSR count). The highest BCUT2D eigenvalue weighted by molar-refractivity contribution is 5.85. The number of hydrogen-bond acceptors (Lipinski definition) is 3. The first kappa shape index (κ1) is 16.7. The van der Waals surface area contributed by atoms with Crippen LogP contribution in [-0.2, 0) is 4.79 Å². The highest BCUT2D eigenvalue weighted by atomic mass is 35.5. The van der Waals surface area contributed by atoms with Gasteiger partial charge >= 0.3 is 0 Å². The first-order chi connectivity index (χ1) is 8.79. The average Bonchev–Trinajstić information content (AvgIpc) is 2.41. The van der Waals surface area contributed by atoms with E-state index >= 15 is 0 Å². The Bertz CT molecular complexity index is 261. The van der Waals surface area contributed by atoms with E-state index in [1.165, 1.54) is 38.6 Å². The summed E-state index contributed by atoms with van der Waals surface area (Å²) in [6.45, 7) is 5.61. The van der Waals surface area contributed by atoms with Crippen LogP contribution in [0.3, 0.4) is 0 Å². The maximum absolute atomic E-state index is 11.7. The summed E-state index contributed by atoms with van der Waals surface area (Å²) in [7, 11) is 0. The molecule has 0 aromatic rings.